The molecule has 3 nitrogen and oxygen atoms in total. The van der Waals surface area contributed by atoms with Crippen molar-refractivity contribution in [1.82, 2.24) is 4.57 Å². The molecule has 3 heteroatoms. The summed E-state index contributed by atoms with van der Waals surface area (Å²) in [6, 6.07) is 3.50. The molecule has 0 amide bonds. The molecular formula is C10H16N2O. The lowest BCUT2D eigenvalue weighted by molar-refractivity contribution is 0.633. The second kappa shape index (κ2) is 3.24. The van der Waals surface area contributed by atoms with Gasteiger partial charge in [0.05, 0.1) is 0 Å². The predicted molar refractivity (Wildman–Crippen MR) is 55.1 cm³/mol. The predicted octanol–water partition coefficient (Wildman–Crippen LogP) is 1.60. The van der Waals surface area contributed by atoms with Crippen molar-refractivity contribution in [1.29, 1.82) is 0 Å². The SMILES string of the molecule is Cn1ccc(NC(C)(C)C)cc1=O. The van der Waals surface area contributed by atoms with Crippen LogP contribution in [-0.2, 0) is 7.05 Å². The normalized spacial score (nSPS) is 11.4. The van der Waals surface area contributed by atoms with Crippen LogP contribution in [0.2, 0.25) is 0 Å². The van der Waals surface area contributed by atoms with Gasteiger partial charge in [0.15, 0.2) is 0 Å². The Balaban J connectivity index is 2.93. The van der Waals surface area contributed by atoms with Crippen molar-refractivity contribution >= 4 is 5.69 Å². The Bertz CT molecular complexity index is 347. The number of nitrogens with zero attached hydrogens (tertiary/aromatic N) is 1. The minimum atomic E-state index is -0.00757. The maximum Gasteiger partial charge on any atom is 0.252 e. The third-order valence-electron chi connectivity index (χ3n) is 1.62. The van der Waals surface area contributed by atoms with E-state index in [9.17, 15) is 4.79 Å². The van der Waals surface area contributed by atoms with Gasteiger partial charge in [-0.25, -0.2) is 0 Å². The summed E-state index contributed by atoms with van der Waals surface area (Å²) in [6.07, 6.45) is 1.76. The molecule has 1 rings (SSSR count). The van der Waals surface area contributed by atoms with Gasteiger partial charge in [0.25, 0.3) is 5.56 Å². The molecule has 0 atom stereocenters. The summed E-state index contributed by atoms with van der Waals surface area (Å²) in [5.74, 6) is 0. The first-order valence-electron chi connectivity index (χ1n) is 4.33. The molecule has 0 saturated carbocycles. The van der Waals surface area contributed by atoms with E-state index in [1.54, 1.807) is 23.9 Å². The number of nitrogens with one attached hydrogen (secondary N) is 1. The molecule has 1 N–H and O–H groups in total. The van der Waals surface area contributed by atoms with Gasteiger partial charge in [-0.3, -0.25) is 4.79 Å². The molecule has 1 aromatic rings. The molecule has 0 aliphatic rings. The van der Waals surface area contributed by atoms with E-state index in [1.165, 1.54) is 0 Å². The number of aromatic nitrogens is 1. The molecule has 0 fully saturated rings. The molecule has 0 aliphatic heterocycles. The zero-order chi connectivity index (χ0) is 10.1. The molecule has 13 heavy (non-hydrogen) atoms. The fourth-order valence-corrected chi connectivity index (χ4v) is 1.06. The van der Waals surface area contributed by atoms with Gasteiger partial charge in [-0.05, 0) is 26.8 Å². The molecular weight excluding hydrogens is 164 g/mol. The van der Waals surface area contributed by atoms with Gasteiger partial charge in [-0.2, -0.15) is 0 Å². The van der Waals surface area contributed by atoms with Gasteiger partial charge in [0.2, 0.25) is 0 Å². The Kier molecular flexibility index (Phi) is 2.45. The molecule has 1 heterocycles. The van der Waals surface area contributed by atoms with Crippen molar-refractivity contribution in [3.8, 4) is 0 Å². The van der Waals surface area contributed by atoms with Crippen molar-refractivity contribution in [3.63, 3.8) is 0 Å². The zero-order valence-electron chi connectivity index (χ0n) is 8.59. The van der Waals surface area contributed by atoms with E-state index >= 15 is 0 Å². The molecule has 0 radical (unpaired) electrons. The number of hydrogen-bond acceptors (Lipinski definition) is 2. The van der Waals surface area contributed by atoms with Crippen LogP contribution in [0.25, 0.3) is 0 Å². The van der Waals surface area contributed by atoms with E-state index in [1.807, 2.05) is 6.07 Å². The third-order valence-corrected chi connectivity index (χ3v) is 1.62. The van der Waals surface area contributed by atoms with E-state index in [-0.39, 0.29) is 11.1 Å². The molecule has 72 valence electrons. The van der Waals surface area contributed by atoms with Crippen LogP contribution in [-0.4, -0.2) is 10.1 Å². The maximum atomic E-state index is 11.2. The van der Waals surface area contributed by atoms with E-state index in [0.29, 0.717) is 0 Å². The maximum absolute atomic E-state index is 11.2. The van der Waals surface area contributed by atoms with Crippen LogP contribution in [0.5, 0.6) is 0 Å². The topological polar surface area (TPSA) is 34.0 Å². The average molecular weight is 180 g/mol. The lowest BCUT2D eigenvalue weighted by atomic mass is 10.1. The van der Waals surface area contributed by atoms with E-state index < -0.39 is 0 Å². The number of hydrogen-bond donors (Lipinski definition) is 1. The highest BCUT2D eigenvalue weighted by atomic mass is 16.1. The summed E-state index contributed by atoms with van der Waals surface area (Å²) in [7, 11) is 1.74. The highest BCUT2D eigenvalue weighted by Crippen LogP contribution is 2.11. The van der Waals surface area contributed by atoms with Gasteiger partial charge >= 0.3 is 0 Å². The van der Waals surface area contributed by atoms with Crippen LogP contribution >= 0.6 is 0 Å². The Labute approximate surface area is 78.4 Å². The van der Waals surface area contributed by atoms with Crippen LogP contribution in [0, 0.1) is 0 Å². The molecule has 0 unspecified atom stereocenters. The fraction of sp³-hybridized carbons (Fsp3) is 0.500. The highest BCUT2D eigenvalue weighted by Gasteiger charge is 2.08. The van der Waals surface area contributed by atoms with Gasteiger partial charge in [-0.15, -0.1) is 0 Å². The quantitative estimate of drug-likeness (QED) is 0.712. The van der Waals surface area contributed by atoms with Gasteiger partial charge in [-0.1, -0.05) is 0 Å². The highest BCUT2D eigenvalue weighted by molar-refractivity contribution is 5.43. The Morgan fingerprint density at radius 2 is 2.00 bits per heavy atom. The van der Waals surface area contributed by atoms with E-state index in [0.717, 1.165) is 5.69 Å². The molecule has 1 aromatic heterocycles. The molecule has 0 aliphatic carbocycles. The van der Waals surface area contributed by atoms with Crippen molar-refractivity contribution in [2.45, 2.75) is 26.3 Å². The molecule has 0 saturated heterocycles. The van der Waals surface area contributed by atoms with Crippen molar-refractivity contribution in [3.05, 3.63) is 28.7 Å². The van der Waals surface area contributed by atoms with E-state index in [4.69, 9.17) is 0 Å². The first-order valence-corrected chi connectivity index (χ1v) is 4.33. The zero-order valence-corrected chi connectivity index (χ0v) is 8.59. The lowest BCUT2D eigenvalue weighted by Gasteiger charge is -2.21. The smallest absolute Gasteiger partial charge is 0.252 e. The second-order valence-electron chi connectivity index (χ2n) is 4.24. The first kappa shape index (κ1) is 9.84. The lowest BCUT2D eigenvalue weighted by Crippen LogP contribution is -2.27. The van der Waals surface area contributed by atoms with E-state index in [2.05, 4.69) is 26.1 Å². The number of aryl methyl sites for hydroxylation is 1. The molecule has 0 aromatic carbocycles. The number of anilines is 1. The van der Waals surface area contributed by atoms with Crippen molar-refractivity contribution in [2.75, 3.05) is 5.32 Å². The Morgan fingerprint density at radius 3 is 2.46 bits per heavy atom. The monoisotopic (exact) mass is 180 g/mol. The Morgan fingerprint density at radius 1 is 1.38 bits per heavy atom. The van der Waals surface area contributed by atoms with Crippen LogP contribution in [0.4, 0.5) is 5.69 Å². The van der Waals surface area contributed by atoms with Gasteiger partial charge in [0, 0.05) is 30.5 Å². The number of rotatable bonds is 1. The molecule has 0 bridgehead atoms. The molecule has 0 spiro atoms. The van der Waals surface area contributed by atoms with Crippen LogP contribution in [0.1, 0.15) is 20.8 Å². The van der Waals surface area contributed by atoms with Crippen LogP contribution < -0.4 is 10.9 Å². The first-order chi connectivity index (χ1) is 5.88. The summed E-state index contributed by atoms with van der Waals surface area (Å²) >= 11 is 0. The van der Waals surface area contributed by atoms with Crippen molar-refractivity contribution < 1.29 is 0 Å². The summed E-state index contributed by atoms with van der Waals surface area (Å²) in [5, 5.41) is 3.24. The van der Waals surface area contributed by atoms with Crippen LogP contribution in [0.3, 0.4) is 0 Å². The summed E-state index contributed by atoms with van der Waals surface area (Å²) in [6.45, 7) is 6.18. The standard InChI is InChI=1S/C10H16N2O/c1-10(2,3)11-8-5-6-12(4)9(13)7-8/h5-7,11H,1-4H3. The fourth-order valence-electron chi connectivity index (χ4n) is 1.06. The largest absolute Gasteiger partial charge is 0.380 e. The average Bonchev–Trinajstić information content (AvgIpc) is 1.94. The van der Waals surface area contributed by atoms with Crippen LogP contribution in [0.15, 0.2) is 23.1 Å². The van der Waals surface area contributed by atoms with Gasteiger partial charge in [0.1, 0.15) is 0 Å². The Hall–Kier alpha value is -1.25. The summed E-state index contributed by atoms with van der Waals surface area (Å²) < 4.78 is 1.55. The minimum absolute atomic E-state index is 0.00757. The summed E-state index contributed by atoms with van der Waals surface area (Å²) in [5.41, 5.74) is 0.872. The minimum Gasteiger partial charge on any atom is -0.380 e. The third kappa shape index (κ3) is 2.93. The summed E-state index contributed by atoms with van der Waals surface area (Å²) in [4.78, 5) is 11.2. The van der Waals surface area contributed by atoms with Crippen molar-refractivity contribution in [2.24, 2.45) is 7.05 Å². The number of pyridine rings is 1. The second-order valence-corrected chi connectivity index (χ2v) is 4.24. The van der Waals surface area contributed by atoms with Gasteiger partial charge < -0.3 is 9.88 Å².